The van der Waals surface area contributed by atoms with E-state index < -0.39 is 5.41 Å². The SMILES string of the molecule is CCC(=O)OC[C@@]1(c2cccc(F)c2)C[C@H]1COc1cnc(C)nc1C. The van der Waals surface area contributed by atoms with Crippen molar-refractivity contribution in [1.82, 2.24) is 9.97 Å². The van der Waals surface area contributed by atoms with Crippen LogP contribution in [0.4, 0.5) is 4.39 Å². The number of rotatable bonds is 7. The second-order valence-corrected chi connectivity index (χ2v) is 6.76. The van der Waals surface area contributed by atoms with Crippen molar-refractivity contribution in [1.29, 1.82) is 0 Å². The van der Waals surface area contributed by atoms with Crippen molar-refractivity contribution in [2.45, 2.75) is 39.0 Å². The number of carbonyl (C=O) groups excluding carboxylic acids is 1. The highest BCUT2D eigenvalue weighted by Gasteiger charge is 2.56. The smallest absolute Gasteiger partial charge is 0.305 e. The second kappa shape index (κ2) is 7.40. The van der Waals surface area contributed by atoms with E-state index in [2.05, 4.69) is 9.97 Å². The molecule has 1 aromatic heterocycles. The lowest BCUT2D eigenvalue weighted by Crippen LogP contribution is -2.23. The molecule has 6 heteroatoms. The van der Waals surface area contributed by atoms with E-state index in [1.807, 2.05) is 19.9 Å². The van der Waals surface area contributed by atoms with Crippen LogP contribution in [0.1, 0.15) is 36.8 Å². The zero-order chi connectivity index (χ0) is 18.7. The number of ether oxygens (including phenoxy) is 2. The molecule has 1 heterocycles. The van der Waals surface area contributed by atoms with Crippen LogP contribution in [0.5, 0.6) is 5.75 Å². The van der Waals surface area contributed by atoms with Crippen molar-refractivity contribution >= 4 is 5.97 Å². The molecule has 1 aromatic carbocycles. The van der Waals surface area contributed by atoms with Gasteiger partial charge in [-0.15, -0.1) is 0 Å². The predicted molar refractivity (Wildman–Crippen MR) is 94.4 cm³/mol. The fourth-order valence-electron chi connectivity index (χ4n) is 3.23. The lowest BCUT2D eigenvalue weighted by molar-refractivity contribution is -0.144. The summed E-state index contributed by atoms with van der Waals surface area (Å²) in [5.41, 5.74) is 1.23. The first-order chi connectivity index (χ1) is 12.4. The molecule has 0 unspecified atom stereocenters. The molecule has 138 valence electrons. The van der Waals surface area contributed by atoms with Crippen LogP contribution in [-0.4, -0.2) is 29.2 Å². The van der Waals surface area contributed by atoms with Gasteiger partial charge in [0.2, 0.25) is 0 Å². The minimum absolute atomic E-state index is 0.134. The molecule has 1 aliphatic carbocycles. The summed E-state index contributed by atoms with van der Waals surface area (Å²) < 4.78 is 25.0. The van der Waals surface area contributed by atoms with Gasteiger partial charge in [0.05, 0.1) is 18.5 Å². The number of hydrogen-bond acceptors (Lipinski definition) is 5. The van der Waals surface area contributed by atoms with E-state index in [0.717, 1.165) is 17.7 Å². The van der Waals surface area contributed by atoms with Crippen LogP contribution < -0.4 is 4.74 Å². The zero-order valence-corrected chi connectivity index (χ0v) is 15.3. The van der Waals surface area contributed by atoms with Crippen LogP contribution in [0.15, 0.2) is 30.5 Å². The molecule has 0 radical (unpaired) electrons. The molecule has 0 bridgehead atoms. The van der Waals surface area contributed by atoms with E-state index in [4.69, 9.17) is 9.47 Å². The number of halogens is 1. The van der Waals surface area contributed by atoms with Gasteiger partial charge in [-0.05, 0) is 38.0 Å². The van der Waals surface area contributed by atoms with Gasteiger partial charge in [-0.25, -0.2) is 14.4 Å². The van der Waals surface area contributed by atoms with E-state index in [1.165, 1.54) is 12.1 Å². The summed E-state index contributed by atoms with van der Waals surface area (Å²) in [6.07, 6.45) is 2.76. The van der Waals surface area contributed by atoms with Gasteiger partial charge in [0.1, 0.15) is 18.2 Å². The highest BCUT2D eigenvalue weighted by molar-refractivity contribution is 5.69. The summed E-state index contributed by atoms with van der Waals surface area (Å²) in [6, 6.07) is 6.49. The van der Waals surface area contributed by atoms with Crippen molar-refractivity contribution < 1.29 is 18.7 Å². The number of benzene rings is 1. The zero-order valence-electron chi connectivity index (χ0n) is 15.3. The van der Waals surface area contributed by atoms with E-state index >= 15 is 0 Å². The number of aromatic nitrogens is 2. The predicted octanol–water partition coefficient (Wildman–Crippen LogP) is 3.52. The van der Waals surface area contributed by atoms with Gasteiger partial charge in [0, 0.05) is 17.8 Å². The van der Waals surface area contributed by atoms with Crippen molar-refractivity contribution in [3.63, 3.8) is 0 Å². The summed E-state index contributed by atoms with van der Waals surface area (Å²) >= 11 is 0. The molecule has 3 rings (SSSR count). The second-order valence-electron chi connectivity index (χ2n) is 6.76. The molecule has 2 aromatic rings. The molecule has 2 atom stereocenters. The molecule has 1 fully saturated rings. The average Bonchev–Trinajstić information content (AvgIpc) is 3.33. The van der Waals surface area contributed by atoms with Gasteiger partial charge < -0.3 is 9.47 Å². The summed E-state index contributed by atoms with van der Waals surface area (Å²) in [5, 5.41) is 0. The maximum Gasteiger partial charge on any atom is 0.305 e. The van der Waals surface area contributed by atoms with Gasteiger partial charge in [0.15, 0.2) is 5.75 Å². The maximum atomic E-state index is 13.7. The summed E-state index contributed by atoms with van der Waals surface area (Å²) in [7, 11) is 0. The first kappa shape index (κ1) is 18.3. The molecule has 1 aliphatic rings. The van der Waals surface area contributed by atoms with Crippen LogP contribution in [-0.2, 0) is 14.9 Å². The lowest BCUT2D eigenvalue weighted by Gasteiger charge is -2.19. The molecule has 0 spiro atoms. The third kappa shape index (κ3) is 3.84. The van der Waals surface area contributed by atoms with Crippen LogP contribution in [0, 0.1) is 25.6 Å². The summed E-state index contributed by atoms with van der Waals surface area (Å²) in [6.45, 7) is 6.13. The van der Waals surface area contributed by atoms with Crippen molar-refractivity contribution in [2.24, 2.45) is 5.92 Å². The molecule has 1 saturated carbocycles. The van der Waals surface area contributed by atoms with E-state index in [9.17, 15) is 9.18 Å². The standard InChI is InChI=1S/C20H23FN2O3/c1-4-19(24)26-12-20(15-6-5-7-17(21)8-15)9-16(20)11-25-18-10-22-14(3)23-13(18)2/h5-8,10,16H,4,9,11-12H2,1-3H3/t16-,20+/m0/s1. The van der Waals surface area contributed by atoms with E-state index in [1.54, 1.807) is 19.2 Å². The Bertz CT molecular complexity index is 811. The fourth-order valence-corrected chi connectivity index (χ4v) is 3.23. The Morgan fingerprint density at radius 3 is 2.88 bits per heavy atom. The highest BCUT2D eigenvalue weighted by atomic mass is 19.1. The quantitative estimate of drug-likeness (QED) is 0.709. The monoisotopic (exact) mass is 358 g/mol. The van der Waals surface area contributed by atoms with E-state index in [-0.39, 0.29) is 24.3 Å². The topological polar surface area (TPSA) is 61.3 Å². The van der Waals surface area contributed by atoms with Crippen LogP contribution in [0.2, 0.25) is 0 Å². The van der Waals surface area contributed by atoms with Gasteiger partial charge in [-0.1, -0.05) is 19.1 Å². The molecule has 0 N–H and O–H groups in total. The molecular formula is C20H23FN2O3. The fraction of sp³-hybridized carbons (Fsp3) is 0.450. The van der Waals surface area contributed by atoms with Crippen molar-refractivity contribution in [3.05, 3.63) is 53.4 Å². The maximum absolute atomic E-state index is 13.7. The van der Waals surface area contributed by atoms with Crippen molar-refractivity contribution in [2.75, 3.05) is 13.2 Å². The minimum Gasteiger partial charge on any atom is -0.490 e. The Morgan fingerprint density at radius 1 is 1.38 bits per heavy atom. The third-order valence-corrected chi connectivity index (χ3v) is 4.91. The van der Waals surface area contributed by atoms with Gasteiger partial charge >= 0.3 is 5.97 Å². The average molecular weight is 358 g/mol. The minimum atomic E-state index is -0.396. The molecule has 0 saturated heterocycles. The number of hydrogen-bond donors (Lipinski definition) is 0. The highest BCUT2D eigenvalue weighted by Crippen LogP contribution is 2.54. The number of aryl methyl sites for hydroxylation is 2. The van der Waals surface area contributed by atoms with Crippen LogP contribution in [0.25, 0.3) is 0 Å². The molecule has 0 aliphatic heterocycles. The summed E-state index contributed by atoms with van der Waals surface area (Å²) in [5.74, 6) is 0.922. The Hall–Kier alpha value is -2.50. The van der Waals surface area contributed by atoms with Gasteiger partial charge in [-0.3, -0.25) is 4.79 Å². The Balaban J connectivity index is 1.73. The largest absolute Gasteiger partial charge is 0.490 e. The number of esters is 1. The Kier molecular flexibility index (Phi) is 5.20. The Labute approximate surface area is 152 Å². The lowest BCUT2D eigenvalue weighted by atomic mass is 9.94. The van der Waals surface area contributed by atoms with Gasteiger partial charge in [0.25, 0.3) is 0 Å². The van der Waals surface area contributed by atoms with Gasteiger partial charge in [-0.2, -0.15) is 0 Å². The van der Waals surface area contributed by atoms with E-state index in [0.29, 0.717) is 24.6 Å². The normalized spacial score (nSPS) is 21.3. The molecule has 5 nitrogen and oxygen atoms in total. The molecule has 26 heavy (non-hydrogen) atoms. The third-order valence-electron chi connectivity index (χ3n) is 4.91. The van der Waals surface area contributed by atoms with Crippen LogP contribution in [0.3, 0.4) is 0 Å². The number of carbonyl (C=O) groups is 1. The Morgan fingerprint density at radius 2 is 2.19 bits per heavy atom. The first-order valence-electron chi connectivity index (χ1n) is 8.79. The number of nitrogens with zero attached hydrogens (tertiary/aromatic N) is 2. The van der Waals surface area contributed by atoms with Crippen LogP contribution >= 0.6 is 0 Å². The molecular weight excluding hydrogens is 335 g/mol. The summed E-state index contributed by atoms with van der Waals surface area (Å²) in [4.78, 5) is 20.1. The van der Waals surface area contributed by atoms with Crippen molar-refractivity contribution in [3.8, 4) is 5.75 Å². The molecule has 0 amide bonds. The first-order valence-corrected chi connectivity index (χ1v) is 8.79.